The van der Waals surface area contributed by atoms with Crippen molar-refractivity contribution in [2.75, 3.05) is 13.2 Å². The molecule has 106 valence electrons. The molecule has 0 aromatic rings. The minimum atomic E-state index is 0.361. The van der Waals surface area contributed by atoms with E-state index in [1.807, 2.05) is 0 Å². The Morgan fingerprint density at radius 1 is 1.22 bits per heavy atom. The van der Waals surface area contributed by atoms with Crippen LogP contribution in [0.2, 0.25) is 0 Å². The summed E-state index contributed by atoms with van der Waals surface area (Å²) in [6.07, 6.45) is 7.20. The summed E-state index contributed by atoms with van der Waals surface area (Å²) in [6, 6.07) is 0.676. The highest BCUT2D eigenvalue weighted by Crippen LogP contribution is 2.46. The Morgan fingerprint density at radius 2 is 2.00 bits per heavy atom. The zero-order valence-corrected chi connectivity index (χ0v) is 12.7. The largest absolute Gasteiger partial charge is 0.378 e. The van der Waals surface area contributed by atoms with Crippen LogP contribution in [0.15, 0.2) is 0 Å². The van der Waals surface area contributed by atoms with Crippen LogP contribution >= 0.6 is 0 Å². The van der Waals surface area contributed by atoms with Gasteiger partial charge in [-0.3, -0.25) is 0 Å². The fourth-order valence-corrected chi connectivity index (χ4v) is 3.89. The Morgan fingerprint density at radius 3 is 2.56 bits per heavy atom. The summed E-state index contributed by atoms with van der Waals surface area (Å²) in [4.78, 5) is 0. The maximum atomic E-state index is 5.86. The van der Waals surface area contributed by atoms with E-state index in [1.165, 1.54) is 38.6 Å². The van der Waals surface area contributed by atoms with Crippen molar-refractivity contribution in [3.8, 4) is 0 Å². The van der Waals surface area contributed by atoms with Crippen LogP contribution in [-0.2, 0) is 4.74 Å². The second-order valence-corrected chi connectivity index (χ2v) is 6.78. The summed E-state index contributed by atoms with van der Waals surface area (Å²) in [7, 11) is 0. The van der Waals surface area contributed by atoms with Crippen LogP contribution in [0.1, 0.15) is 59.8 Å². The van der Waals surface area contributed by atoms with Crippen molar-refractivity contribution < 1.29 is 4.74 Å². The van der Waals surface area contributed by atoms with Gasteiger partial charge in [-0.2, -0.15) is 0 Å². The smallest absolute Gasteiger partial charge is 0.0658 e. The Balaban J connectivity index is 1.76. The Kier molecular flexibility index (Phi) is 4.71. The molecule has 2 fully saturated rings. The van der Waals surface area contributed by atoms with Gasteiger partial charge in [-0.05, 0) is 51.0 Å². The van der Waals surface area contributed by atoms with Crippen molar-refractivity contribution in [2.24, 2.45) is 17.3 Å². The van der Waals surface area contributed by atoms with Crippen LogP contribution in [0.4, 0.5) is 0 Å². The molecular weight excluding hydrogens is 222 g/mol. The average molecular weight is 253 g/mol. The molecule has 18 heavy (non-hydrogen) atoms. The summed E-state index contributed by atoms with van der Waals surface area (Å²) in [6.45, 7) is 11.3. The monoisotopic (exact) mass is 253 g/mol. The van der Waals surface area contributed by atoms with Crippen LogP contribution in [0.25, 0.3) is 0 Å². The van der Waals surface area contributed by atoms with Gasteiger partial charge in [0.1, 0.15) is 0 Å². The van der Waals surface area contributed by atoms with Crippen molar-refractivity contribution in [3.63, 3.8) is 0 Å². The maximum Gasteiger partial charge on any atom is 0.0658 e. The molecule has 0 amide bonds. The molecule has 1 N–H and O–H groups in total. The topological polar surface area (TPSA) is 21.3 Å². The second kappa shape index (κ2) is 5.92. The quantitative estimate of drug-likeness (QED) is 0.781. The Labute approximate surface area is 113 Å². The van der Waals surface area contributed by atoms with E-state index < -0.39 is 0 Å². The number of hydrogen-bond donors (Lipinski definition) is 1. The van der Waals surface area contributed by atoms with Gasteiger partial charge in [0.15, 0.2) is 0 Å². The molecule has 2 nitrogen and oxygen atoms in total. The highest BCUT2D eigenvalue weighted by Gasteiger charge is 2.50. The molecule has 5 atom stereocenters. The molecule has 0 aromatic heterocycles. The summed E-state index contributed by atoms with van der Waals surface area (Å²) >= 11 is 0. The van der Waals surface area contributed by atoms with Gasteiger partial charge >= 0.3 is 0 Å². The van der Waals surface area contributed by atoms with Crippen LogP contribution in [-0.4, -0.2) is 25.3 Å². The molecule has 0 aromatic carbocycles. The second-order valence-electron chi connectivity index (χ2n) is 6.78. The molecule has 0 saturated heterocycles. The lowest BCUT2D eigenvalue weighted by Gasteiger charge is -2.54. The van der Waals surface area contributed by atoms with E-state index in [4.69, 9.17) is 4.74 Å². The lowest BCUT2D eigenvalue weighted by Crippen LogP contribution is -2.62. The van der Waals surface area contributed by atoms with Crippen molar-refractivity contribution in [1.29, 1.82) is 0 Å². The fraction of sp³-hybridized carbons (Fsp3) is 1.00. The lowest BCUT2D eigenvalue weighted by atomic mass is 9.61. The fourth-order valence-electron chi connectivity index (χ4n) is 3.89. The first kappa shape index (κ1) is 14.3. The summed E-state index contributed by atoms with van der Waals surface area (Å²) < 4.78 is 5.86. The standard InChI is InChI=1S/C16H31NO/c1-5-16(4)14(10-15(16)18-6-2)17-11-13-8-7-12(3)9-13/h12-15,17H,5-11H2,1-4H3. The normalized spacial score (nSPS) is 44.0. The molecule has 5 unspecified atom stereocenters. The third-order valence-corrected chi connectivity index (χ3v) is 5.57. The highest BCUT2D eigenvalue weighted by atomic mass is 16.5. The minimum absolute atomic E-state index is 0.361. The predicted molar refractivity (Wildman–Crippen MR) is 76.7 cm³/mol. The summed E-state index contributed by atoms with van der Waals surface area (Å²) in [5, 5.41) is 3.83. The first-order valence-electron chi connectivity index (χ1n) is 7.95. The third-order valence-electron chi connectivity index (χ3n) is 5.57. The molecule has 2 saturated carbocycles. The average Bonchev–Trinajstić information content (AvgIpc) is 2.77. The molecule has 2 aliphatic carbocycles. The molecule has 0 radical (unpaired) electrons. The molecule has 0 bridgehead atoms. The van der Waals surface area contributed by atoms with Gasteiger partial charge in [-0.1, -0.05) is 27.2 Å². The molecule has 2 aliphatic rings. The summed E-state index contributed by atoms with van der Waals surface area (Å²) in [5.41, 5.74) is 0.361. The molecule has 2 rings (SSSR count). The Bertz CT molecular complexity index is 268. The van der Waals surface area contributed by atoms with Crippen LogP contribution in [0.5, 0.6) is 0 Å². The van der Waals surface area contributed by atoms with E-state index >= 15 is 0 Å². The van der Waals surface area contributed by atoms with Gasteiger partial charge in [0.2, 0.25) is 0 Å². The SMILES string of the molecule is CCOC1CC(NCC2CCC(C)C2)C1(C)CC. The van der Waals surface area contributed by atoms with Gasteiger partial charge < -0.3 is 10.1 Å². The number of ether oxygens (including phenoxy) is 1. The van der Waals surface area contributed by atoms with Gasteiger partial charge in [0, 0.05) is 18.1 Å². The van der Waals surface area contributed by atoms with Gasteiger partial charge in [-0.15, -0.1) is 0 Å². The number of nitrogens with one attached hydrogen (secondary N) is 1. The van der Waals surface area contributed by atoms with E-state index in [-0.39, 0.29) is 0 Å². The van der Waals surface area contributed by atoms with Crippen molar-refractivity contribution >= 4 is 0 Å². The van der Waals surface area contributed by atoms with Gasteiger partial charge in [0.25, 0.3) is 0 Å². The van der Waals surface area contributed by atoms with Crippen molar-refractivity contribution in [1.82, 2.24) is 5.32 Å². The van der Waals surface area contributed by atoms with Crippen molar-refractivity contribution in [2.45, 2.75) is 71.9 Å². The van der Waals surface area contributed by atoms with Crippen molar-refractivity contribution in [3.05, 3.63) is 0 Å². The summed E-state index contributed by atoms with van der Waals surface area (Å²) in [5.74, 6) is 1.87. The molecule has 0 spiro atoms. The molecule has 0 aliphatic heterocycles. The van der Waals surface area contributed by atoms with Gasteiger partial charge in [0.05, 0.1) is 6.10 Å². The third kappa shape index (κ3) is 2.75. The minimum Gasteiger partial charge on any atom is -0.378 e. The highest BCUT2D eigenvalue weighted by molar-refractivity contribution is 5.04. The molecular formula is C16H31NO. The lowest BCUT2D eigenvalue weighted by molar-refractivity contribution is -0.126. The molecule has 0 heterocycles. The first-order valence-corrected chi connectivity index (χ1v) is 7.95. The molecule has 2 heteroatoms. The van der Waals surface area contributed by atoms with Crippen LogP contribution in [0.3, 0.4) is 0 Å². The van der Waals surface area contributed by atoms with E-state index in [0.717, 1.165) is 18.4 Å². The first-order chi connectivity index (χ1) is 8.60. The zero-order valence-electron chi connectivity index (χ0n) is 12.7. The predicted octanol–water partition coefficient (Wildman–Crippen LogP) is 3.61. The van der Waals surface area contributed by atoms with Gasteiger partial charge in [-0.25, -0.2) is 0 Å². The van der Waals surface area contributed by atoms with E-state index in [2.05, 4.69) is 33.0 Å². The van der Waals surface area contributed by atoms with Crippen LogP contribution in [0, 0.1) is 17.3 Å². The number of rotatable bonds is 6. The van der Waals surface area contributed by atoms with E-state index in [9.17, 15) is 0 Å². The van der Waals surface area contributed by atoms with E-state index in [0.29, 0.717) is 17.6 Å². The van der Waals surface area contributed by atoms with Crippen LogP contribution < -0.4 is 5.32 Å². The Hall–Kier alpha value is -0.0800. The number of hydrogen-bond acceptors (Lipinski definition) is 2. The maximum absolute atomic E-state index is 5.86. The zero-order chi connectivity index (χ0) is 13.2. The van der Waals surface area contributed by atoms with E-state index in [1.54, 1.807) is 0 Å².